The van der Waals surface area contributed by atoms with E-state index in [9.17, 15) is 0 Å². The van der Waals surface area contributed by atoms with Crippen molar-refractivity contribution in [2.45, 2.75) is 5.60 Å². The van der Waals surface area contributed by atoms with Gasteiger partial charge in [-0.15, -0.1) is 0 Å². The number of ether oxygens (including phenoxy) is 5. The molecule has 0 aliphatic carbocycles. The fraction of sp³-hybridized carbons (Fsp3) is 0.143. The number of benzene rings is 4. The van der Waals surface area contributed by atoms with E-state index >= 15 is 0 Å². The molecule has 0 saturated carbocycles. The molecule has 1 heterocycles. The van der Waals surface area contributed by atoms with Crippen LogP contribution in [-0.4, -0.2) is 25.4 Å². The van der Waals surface area contributed by atoms with E-state index in [2.05, 4.69) is 0 Å². The number of hydrogen-bond donors (Lipinski definition) is 0. The topological polar surface area (TPSA) is 49.5 Å². The largest absolute Gasteiger partial charge is 0.490 e. The second kappa shape index (κ2) is 10.5. The third-order valence-electron chi connectivity index (χ3n) is 5.30. The molecule has 0 spiro atoms. The monoisotopic (exact) mass is 508 g/mol. The lowest BCUT2D eigenvalue weighted by molar-refractivity contribution is 0.130. The Labute approximate surface area is 213 Å². The zero-order valence-electron chi connectivity index (χ0n) is 18.7. The van der Waals surface area contributed by atoms with Crippen molar-refractivity contribution in [1.82, 2.24) is 0 Å². The average Bonchev–Trinajstić information content (AvgIpc) is 3.66. The molecule has 0 bridgehead atoms. The molecule has 0 N–H and O–H groups in total. The van der Waals surface area contributed by atoms with Gasteiger partial charge in [-0.25, -0.2) is 0 Å². The summed E-state index contributed by atoms with van der Waals surface area (Å²) in [6.07, 6.45) is 0. The summed E-state index contributed by atoms with van der Waals surface area (Å²) in [4.78, 5) is 0. The molecule has 1 fully saturated rings. The van der Waals surface area contributed by atoms with Crippen molar-refractivity contribution in [2.75, 3.05) is 19.8 Å². The minimum Gasteiger partial charge on any atom is -0.490 e. The fourth-order valence-corrected chi connectivity index (χ4v) is 3.48. The Morgan fingerprint density at radius 3 is 1.11 bits per heavy atom. The van der Waals surface area contributed by atoms with Crippen LogP contribution in [0.25, 0.3) is 0 Å². The SMILES string of the molecule is Clc1ccc(Oc2ccc(OCC3(COc4ccc(Oc5ccc(Cl)cc5)cc4)CO3)cc2)cc1. The van der Waals surface area contributed by atoms with E-state index in [0.717, 1.165) is 23.0 Å². The van der Waals surface area contributed by atoms with Crippen LogP contribution in [-0.2, 0) is 4.74 Å². The Bertz CT molecular complexity index is 1140. The second-order valence-electron chi connectivity index (χ2n) is 8.10. The molecular weight excluding hydrogens is 487 g/mol. The zero-order valence-corrected chi connectivity index (χ0v) is 20.2. The lowest BCUT2D eigenvalue weighted by atomic mass is 10.2. The molecule has 0 amide bonds. The number of rotatable bonds is 10. The van der Waals surface area contributed by atoms with Crippen molar-refractivity contribution >= 4 is 23.2 Å². The van der Waals surface area contributed by atoms with E-state index in [1.165, 1.54) is 0 Å². The summed E-state index contributed by atoms with van der Waals surface area (Å²) in [5.41, 5.74) is -0.447. The van der Waals surface area contributed by atoms with Crippen LogP contribution in [0.3, 0.4) is 0 Å². The molecule has 0 aromatic heterocycles. The Morgan fingerprint density at radius 2 is 0.800 bits per heavy atom. The Hall–Kier alpha value is -3.38. The van der Waals surface area contributed by atoms with Crippen LogP contribution >= 0.6 is 23.2 Å². The first kappa shape index (κ1) is 23.4. The molecular formula is C28H22Cl2O5. The first-order valence-corrected chi connectivity index (χ1v) is 11.8. The van der Waals surface area contributed by atoms with Crippen LogP contribution in [0.5, 0.6) is 34.5 Å². The summed E-state index contributed by atoms with van der Waals surface area (Å²) in [6.45, 7) is 1.37. The lowest BCUT2D eigenvalue weighted by Crippen LogP contribution is -2.29. The van der Waals surface area contributed by atoms with Crippen molar-refractivity contribution in [3.63, 3.8) is 0 Å². The molecule has 5 rings (SSSR count). The van der Waals surface area contributed by atoms with E-state index in [-0.39, 0.29) is 0 Å². The van der Waals surface area contributed by atoms with Gasteiger partial charge in [0.25, 0.3) is 0 Å². The Kier molecular flexibility index (Phi) is 7.00. The molecule has 1 aliphatic heterocycles. The van der Waals surface area contributed by atoms with Gasteiger partial charge in [0.05, 0.1) is 6.61 Å². The van der Waals surface area contributed by atoms with Crippen LogP contribution in [0.2, 0.25) is 10.0 Å². The maximum absolute atomic E-state index is 5.93. The van der Waals surface area contributed by atoms with Gasteiger partial charge in [-0.2, -0.15) is 0 Å². The summed E-state index contributed by atoms with van der Waals surface area (Å²) in [5.74, 6) is 4.32. The summed E-state index contributed by atoms with van der Waals surface area (Å²) in [7, 11) is 0. The molecule has 4 aromatic rings. The molecule has 0 atom stereocenters. The van der Waals surface area contributed by atoms with Crippen molar-refractivity contribution < 1.29 is 23.7 Å². The molecule has 7 heteroatoms. The fourth-order valence-electron chi connectivity index (χ4n) is 3.23. The van der Waals surface area contributed by atoms with E-state index in [4.69, 9.17) is 46.9 Å². The first-order chi connectivity index (χ1) is 17.1. The van der Waals surface area contributed by atoms with E-state index in [0.29, 0.717) is 41.4 Å². The number of hydrogen-bond acceptors (Lipinski definition) is 5. The van der Waals surface area contributed by atoms with Gasteiger partial charge in [0.15, 0.2) is 5.60 Å². The van der Waals surface area contributed by atoms with Crippen molar-refractivity contribution in [1.29, 1.82) is 0 Å². The third kappa shape index (κ3) is 6.61. The van der Waals surface area contributed by atoms with E-state index in [1.807, 2.05) is 72.8 Å². The number of epoxide rings is 1. The van der Waals surface area contributed by atoms with Crippen LogP contribution in [0.1, 0.15) is 0 Å². The molecule has 1 aliphatic rings. The van der Waals surface area contributed by atoms with E-state index in [1.54, 1.807) is 24.3 Å². The molecule has 0 radical (unpaired) electrons. The van der Waals surface area contributed by atoms with Gasteiger partial charge in [0, 0.05) is 10.0 Å². The van der Waals surface area contributed by atoms with Crippen molar-refractivity contribution in [3.8, 4) is 34.5 Å². The van der Waals surface area contributed by atoms with Crippen LogP contribution in [0.15, 0.2) is 97.1 Å². The highest BCUT2D eigenvalue weighted by Crippen LogP contribution is 2.31. The maximum atomic E-state index is 5.93. The normalized spacial score (nSPS) is 13.7. The minimum atomic E-state index is -0.447. The first-order valence-electron chi connectivity index (χ1n) is 11.0. The summed E-state index contributed by atoms with van der Waals surface area (Å²) in [6, 6.07) is 29.3. The minimum absolute atomic E-state index is 0.391. The average molecular weight is 509 g/mol. The van der Waals surface area contributed by atoms with Crippen molar-refractivity contribution in [2.24, 2.45) is 0 Å². The summed E-state index contributed by atoms with van der Waals surface area (Å²) >= 11 is 11.8. The predicted molar refractivity (Wildman–Crippen MR) is 136 cm³/mol. The standard InChI is InChI=1S/C28H22Cl2O5/c29-20-1-5-24(6-2-20)34-26-13-9-22(10-14-26)31-17-28(19-33-28)18-32-23-11-15-27(16-12-23)35-25-7-3-21(30)4-8-25/h1-16H,17-19H2. The second-order valence-corrected chi connectivity index (χ2v) is 8.98. The van der Waals surface area contributed by atoms with Crippen LogP contribution in [0, 0.1) is 0 Å². The third-order valence-corrected chi connectivity index (χ3v) is 5.81. The van der Waals surface area contributed by atoms with Gasteiger partial charge < -0.3 is 23.7 Å². The van der Waals surface area contributed by atoms with Gasteiger partial charge in [0.2, 0.25) is 0 Å². The maximum Gasteiger partial charge on any atom is 0.159 e. The highest BCUT2D eigenvalue weighted by Gasteiger charge is 2.47. The Morgan fingerprint density at radius 1 is 0.514 bits per heavy atom. The summed E-state index contributed by atoms with van der Waals surface area (Å²) < 4.78 is 29.1. The van der Waals surface area contributed by atoms with Crippen LogP contribution < -0.4 is 18.9 Å². The van der Waals surface area contributed by atoms with Gasteiger partial charge in [0.1, 0.15) is 47.7 Å². The highest BCUT2D eigenvalue weighted by molar-refractivity contribution is 6.30. The highest BCUT2D eigenvalue weighted by atomic mass is 35.5. The predicted octanol–water partition coefficient (Wildman–Crippen LogP) is 7.80. The van der Waals surface area contributed by atoms with E-state index < -0.39 is 5.60 Å². The molecule has 1 saturated heterocycles. The van der Waals surface area contributed by atoms with Crippen molar-refractivity contribution in [3.05, 3.63) is 107 Å². The molecule has 5 nitrogen and oxygen atoms in total. The smallest absolute Gasteiger partial charge is 0.159 e. The van der Waals surface area contributed by atoms with Crippen LogP contribution in [0.4, 0.5) is 0 Å². The van der Waals surface area contributed by atoms with Gasteiger partial charge in [-0.3, -0.25) is 0 Å². The zero-order chi connectivity index (χ0) is 24.1. The number of halogens is 2. The lowest BCUT2D eigenvalue weighted by Gasteiger charge is -2.15. The molecule has 35 heavy (non-hydrogen) atoms. The molecule has 0 unspecified atom stereocenters. The van der Waals surface area contributed by atoms with Gasteiger partial charge in [-0.05, 0) is 97.1 Å². The molecule has 178 valence electrons. The van der Waals surface area contributed by atoms with Gasteiger partial charge >= 0.3 is 0 Å². The van der Waals surface area contributed by atoms with Gasteiger partial charge in [-0.1, -0.05) is 23.2 Å². The summed E-state index contributed by atoms with van der Waals surface area (Å²) in [5, 5.41) is 1.34. The Balaban J connectivity index is 1.08. The quantitative estimate of drug-likeness (QED) is 0.204. The molecule has 4 aromatic carbocycles.